The first-order chi connectivity index (χ1) is 7.68. The molecule has 1 aromatic rings. The predicted molar refractivity (Wildman–Crippen MR) is 49.0 cm³/mol. The molecule has 17 heavy (non-hydrogen) atoms. The molecule has 0 aliphatic heterocycles. The van der Waals surface area contributed by atoms with Gasteiger partial charge in [0.15, 0.2) is 0 Å². The van der Waals surface area contributed by atoms with Crippen LogP contribution in [0.5, 0.6) is 0 Å². The van der Waals surface area contributed by atoms with Gasteiger partial charge in [-0.25, -0.2) is 13.2 Å². The SMILES string of the molecule is NCCC(F)(F)c1ccc(F)cc1C(F)(F)F. The highest BCUT2D eigenvalue weighted by molar-refractivity contribution is 5.33. The Bertz CT molecular complexity index is 398. The van der Waals surface area contributed by atoms with Crippen molar-refractivity contribution in [2.24, 2.45) is 5.73 Å². The Morgan fingerprint density at radius 2 is 1.59 bits per heavy atom. The molecular formula is C10H9F6N. The molecule has 1 aromatic carbocycles. The van der Waals surface area contributed by atoms with Crippen LogP contribution in [0.2, 0.25) is 0 Å². The maximum atomic E-state index is 13.4. The third-order valence-corrected chi connectivity index (χ3v) is 2.14. The second-order valence-electron chi connectivity index (χ2n) is 3.43. The smallest absolute Gasteiger partial charge is 0.330 e. The van der Waals surface area contributed by atoms with Gasteiger partial charge in [0.2, 0.25) is 0 Å². The molecule has 0 spiro atoms. The second kappa shape index (κ2) is 4.56. The molecule has 1 nitrogen and oxygen atoms in total. The molecule has 0 aliphatic carbocycles. The highest BCUT2D eigenvalue weighted by Gasteiger charge is 2.42. The van der Waals surface area contributed by atoms with Gasteiger partial charge in [0, 0.05) is 12.0 Å². The van der Waals surface area contributed by atoms with E-state index in [2.05, 4.69) is 0 Å². The topological polar surface area (TPSA) is 26.0 Å². The largest absolute Gasteiger partial charge is 0.416 e. The van der Waals surface area contributed by atoms with Crippen LogP contribution in [0.1, 0.15) is 17.5 Å². The minimum atomic E-state index is -5.03. The van der Waals surface area contributed by atoms with Gasteiger partial charge in [-0.2, -0.15) is 13.2 Å². The van der Waals surface area contributed by atoms with Crippen molar-refractivity contribution < 1.29 is 26.3 Å². The van der Waals surface area contributed by atoms with Crippen LogP contribution in [0.25, 0.3) is 0 Å². The van der Waals surface area contributed by atoms with Crippen LogP contribution in [0, 0.1) is 5.82 Å². The second-order valence-corrected chi connectivity index (χ2v) is 3.43. The fourth-order valence-corrected chi connectivity index (χ4v) is 1.39. The summed E-state index contributed by atoms with van der Waals surface area (Å²) in [7, 11) is 0. The zero-order valence-corrected chi connectivity index (χ0v) is 8.49. The molecule has 0 atom stereocenters. The van der Waals surface area contributed by atoms with E-state index in [-0.39, 0.29) is 6.07 Å². The number of halogens is 6. The Hall–Kier alpha value is -1.24. The molecule has 0 heterocycles. The molecule has 0 unspecified atom stereocenters. The van der Waals surface area contributed by atoms with Gasteiger partial charge in [0.1, 0.15) is 5.82 Å². The van der Waals surface area contributed by atoms with E-state index in [4.69, 9.17) is 5.73 Å². The summed E-state index contributed by atoms with van der Waals surface area (Å²) in [6.07, 6.45) is -5.96. The van der Waals surface area contributed by atoms with E-state index in [0.29, 0.717) is 12.1 Å². The molecule has 0 saturated carbocycles. The summed E-state index contributed by atoms with van der Waals surface area (Å²) in [5.41, 5.74) is 1.98. The van der Waals surface area contributed by atoms with Crippen molar-refractivity contribution in [2.75, 3.05) is 6.54 Å². The van der Waals surface area contributed by atoms with Crippen LogP contribution in [0.3, 0.4) is 0 Å². The zero-order valence-electron chi connectivity index (χ0n) is 8.49. The summed E-state index contributed by atoms with van der Waals surface area (Å²) >= 11 is 0. The van der Waals surface area contributed by atoms with Crippen molar-refractivity contribution in [3.8, 4) is 0 Å². The Balaban J connectivity index is 3.33. The number of nitrogens with two attached hydrogens (primary N) is 1. The van der Waals surface area contributed by atoms with Crippen molar-refractivity contribution >= 4 is 0 Å². The van der Waals surface area contributed by atoms with Gasteiger partial charge in [-0.3, -0.25) is 0 Å². The van der Waals surface area contributed by atoms with Gasteiger partial charge in [0.05, 0.1) is 5.56 Å². The van der Waals surface area contributed by atoms with Crippen molar-refractivity contribution in [3.05, 3.63) is 35.1 Å². The number of alkyl halides is 5. The lowest BCUT2D eigenvalue weighted by molar-refractivity contribution is -0.142. The number of benzene rings is 1. The summed E-state index contributed by atoms with van der Waals surface area (Å²) in [5, 5.41) is 0. The van der Waals surface area contributed by atoms with Crippen molar-refractivity contribution in [1.29, 1.82) is 0 Å². The van der Waals surface area contributed by atoms with Crippen molar-refractivity contribution in [3.63, 3.8) is 0 Å². The lowest BCUT2D eigenvalue weighted by atomic mass is 9.98. The fraction of sp³-hybridized carbons (Fsp3) is 0.400. The molecule has 0 amide bonds. The molecule has 7 heteroatoms. The Kier molecular flexibility index (Phi) is 3.71. The van der Waals surface area contributed by atoms with E-state index in [1.165, 1.54) is 0 Å². The molecule has 96 valence electrons. The van der Waals surface area contributed by atoms with E-state index >= 15 is 0 Å². The van der Waals surface area contributed by atoms with Crippen molar-refractivity contribution in [1.82, 2.24) is 0 Å². The normalized spacial score (nSPS) is 12.9. The predicted octanol–water partition coefficient (Wildman–Crippen LogP) is 3.29. The third kappa shape index (κ3) is 3.12. The molecule has 2 N–H and O–H groups in total. The molecule has 1 rings (SSSR count). The van der Waals surface area contributed by atoms with Gasteiger partial charge >= 0.3 is 6.18 Å². The maximum Gasteiger partial charge on any atom is 0.416 e. The number of hydrogen-bond acceptors (Lipinski definition) is 1. The molecule has 0 aromatic heterocycles. The lowest BCUT2D eigenvalue weighted by Crippen LogP contribution is -2.23. The average molecular weight is 257 g/mol. The standard InChI is InChI=1S/C10H9F6N/c11-6-1-2-7(9(12,13)3-4-17)8(5-6)10(14,15)16/h1-2,5H,3-4,17H2. The summed E-state index contributed by atoms with van der Waals surface area (Å²) in [4.78, 5) is 0. The van der Waals surface area contributed by atoms with Crippen LogP contribution in [-0.2, 0) is 12.1 Å². The maximum absolute atomic E-state index is 13.4. The molecule has 0 bridgehead atoms. The third-order valence-electron chi connectivity index (χ3n) is 2.14. The van der Waals surface area contributed by atoms with E-state index in [9.17, 15) is 26.3 Å². The number of rotatable bonds is 3. The van der Waals surface area contributed by atoms with Gasteiger partial charge in [-0.05, 0) is 24.7 Å². The average Bonchev–Trinajstić information content (AvgIpc) is 2.15. The van der Waals surface area contributed by atoms with Crippen LogP contribution >= 0.6 is 0 Å². The van der Waals surface area contributed by atoms with Crippen LogP contribution in [-0.4, -0.2) is 6.54 Å². The Morgan fingerprint density at radius 1 is 1.00 bits per heavy atom. The van der Waals surface area contributed by atoms with Crippen LogP contribution < -0.4 is 5.73 Å². The molecular weight excluding hydrogens is 248 g/mol. The monoisotopic (exact) mass is 257 g/mol. The van der Waals surface area contributed by atoms with Crippen LogP contribution in [0.4, 0.5) is 26.3 Å². The summed E-state index contributed by atoms with van der Waals surface area (Å²) in [5.74, 6) is -4.95. The van der Waals surface area contributed by atoms with Gasteiger partial charge < -0.3 is 5.73 Å². The molecule has 0 radical (unpaired) electrons. The van der Waals surface area contributed by atoms with Crippen molar-refractivity contribution in [2.45, 2.75) is 18.5 Å². The highest BCUT2D eigenvalue weighted by atomic mass is 19.4. The number of hydrogen-bond donors (Lipinski definition) is 1. The van der Waals surface area contributed by atoms with E-state index in [0.717, 1.165) is 0 Å². The van der Waals surface area contributed by atoms with E-state index in [1.54, 1.807) is 0 Å². The first-order valence-corrected chi connectivity index (χ1v) is 4.63. The summed E-state index contributed by atoms with van der Waals surface area (Å²) in [6, 6.07) is 1.06. The first kappa shape index (κ1) is 13.8. The van der Waals surface area contributed by atoms with Crippen LogP contribution in [0.15, 0.2) is 18.2 Å². The van der Waals surface area contributed by atoms with E-state index in [1.807, 2.05) is 0 Å². The van der Waals surface area contributed by atoms with Gasteiger partial charge in [-0.1, -0.05) is 0 Å². The van der Waals surface area contributed by atoms with E-state index < -0.39 is 42.0 Å². The fourth-order valence-electron chi connectivity index (χ4n) is 1.39. The summed E-state index contributed by atoms with van der Waals surface area (Å²) in [6.45, 7) is -0.471. The van der Waals surface area contributed by atoms with Gasteiger partial charge in [0.25, 0.3) is 5.92 Å². The Morgan fingerprint density at radius 3 is 2.06 bits per heavy atom. The minimum absolute atomic E-state index is 0.0553. The summed E-state index contributed by atoms with van der Waals surface area (Å²) < 4.78 is 76.8. The lowest BCUT2D eigenvalue weighted by Gasteiger charge is -2.20. The quantitative estimate of drug-likeness (QED) is 0.826. The molecule has 0 saturated heterocycles. The highest BCUT2D eigenvalue weighted by Crippen LogP contribution is 2.41. The first-order valence-electron chi connectivity index (χ1n) is 4.63. The molecule has 0 fully saturated rings. The zero-order chi connectivity index (χ0) is 13.3. The minimum Gasteiger partial charge on any atom is -0.330 e. The van der Waals surface area contributed by atoms with Gasteiger partial charge in [-0.15, -0.1) is 0 Å². The molecule has 0 aliphatic rings. The Labute approximate surface area is 93.2 Å².